The first-order valence-corrected chi connectivity index (χ1v) is 9.05. The summed E-state index contributed by atoms with van der Waals surface area (Å²) in [7, 11) is 1.88. The summed E-state index contributed by atoms with van der Waals surface area (Å²) in [5.41, 5.74) is 2.90. The molecule has 1 amide bonds. The van der Waals surface area contributed by atoms with Gasteiger partial charge in [0, 0.05) is 40.2 Å². The molecule has 0 aliphatic carbocycles. The first-order chi connectivity index (χ1) is 12.3. The van der Waals surface area contributed by atoms with Crippen LogP contribution < -0.4 is 0 Å². The quantitative estimate of drug-likeness (QED) is 0.549. The molecule has 2 aromatic carbocycles. The highest BCUT2D eigenvalue weighted by atomic mass is 32.1. The Bertz CT molecular complexity index is 989. The monoisotopic (exact) mass is 346 g/mol. The summed E-state index contributed by atoms with van der Waals surface area (Å²) in [6.45, 7) is 0. The molecule has 4 heteroatoms. The van der Waals surface area contributed by atoms with Crippen molar-refractivity contribution in [3.05, 3.63) is 94.3 Å². The fourth-order valence-corrected chi connectivity index (χ4v) is 4.11. The number of hydrogen-bond acceptors (Lipinski definition) is 2. The second-order valence-electron chi connectivity index (χ2n) is 5.99. The van der Waals surface area contributed by atoms with E-state index in [4.69, 9.17) is 0 Å². The number of aromatic nitrogens is 1. The number of nitrogens with one attached hydrogen (secondary N) is 1. The maximum absolute atomic E-state index is 13.0. The molecule has 0 unspecified atom stereocenters. The Kier molecular flexibility index (Phi) is 4.12. The van der Waals surface area contributed by atoms with Crippen molar-refractivity contribution < 1.29 is 4.79 Å². The third kappa shape index (κ3) is 2.85. The molecule has 25 heavy (non-hydrogen) atoms. The molecule has 0 fully saturated rings. The fourth-order valence-electron chi connectivity index (χ4n) is 3.22. The van der Waals surface area contributed by atoms with Gasteiger partial charge < -0.3 is 9.88 Å². The van der Waals surface area contributed by atoms with Crippen molar-refractivity contribution in [2.75, 3.05) is 7.05 Å². The Morgan fingerprint density at radius 1 is 1.00 bits per heavy atom. The lowest BCUT2D eigenvalue weighted by Crippen LogP contribution is -2.31. The molecule has 124 valence electrons. The van der Waals surface area contributed by atoms with Gasteiger partial charge in [0.25, 0.3) is 5.91 Å². The summed E-state index contributed by atoms with van der Waals surface area (Å²) in [5, 5.41) is 3.20. The van der Waals surface area contributed by atoms with Gasteiger partial charge in [-0.05, 0) is 29.6 Å². The molecule has 0 aliphatic rings. The summed E-state index contributed by atoms with van der Waals surface area (Å²) >= 11 is 1.67. The topological polar surface area (TPSA) is 36.1 Å². The minimum atomic E-state index is -0.121. The van der Waals surface area contributed by atoms with Gasteiger partial charge in [-0.3, -0.25) is 4.79 Å². The van der Waals surface area contributed by atoms with Crippen LogP contribution in [0.2, 0.25) is 0 Å². The Balaban J connectivity index is 1.81. The largest absolute Gasteiger partial charge is 0.361 e. The first-order valence-electron chi connectivity index (χ1n) is 8.17. The van der Waals surface area contributed by atoms with E-state index < -0.39 is 0 Å². The second-order valence-corrected chi connectivity index (χ2v) is 6.97. The number of amides is 1. The van der Waals surface area contributed by atoms with Crippen LogP contribution in [0.1, 0.15) is 26.8 Å². The Hall–Kier alpha value is -2.85. The van der Waals surface area contributed by atoms with Crippen LogP contribution in [0, 0.1) is 0 Å². The molecule has 0 bridgehead atoms. The van der Waals surface area contributed by atoms with Crippen molar-refractivity contribution in [1.29, 1.82) is 0 Å². The Morgan fingerprint density at radius 2 is 1.76 bits per heavy atom. The van der Waals surface area contributed by atoms with Gasteiger partial charge in [0.15, 0.2) is 0 Å². The van der Waals surface area contributed by atoms with E-state index in [2.05, 4.69) is 28.6 Å². The number of benzene rings is 2. The highest BCUT2D eigenvalue weighted by Crippen LogP contribution is 2.35. The van der Waals surface area contributed by atoms with Crippen molar-refractivity contribution in [3.8, 4) is 0 Å². The van der Waals surface area contributed by atoms with Crippen LogP contribution >= 0.6 is 11.3 Å². The van der Waals surface area contributed by atoms with E-state index in [1.165, 1.54) is 0 Å². The molecule has 0 spiro atoms. The zero-order valence-corrected chi connectivity index (χ0v) is 14.7. The van der Waals surface area contributed by atoms with E-state index in [9.17, 15) is 4.79 Å². The van der Waals surface area contributed by atoms with Crippen molar-refractivity contribution in [1.82, 2.24) is 9.88 Å². The highest BCUT2D eigenvalue weighted by molar-refractivity contribution is 7.10. The maximum Gasteiger partial charge on any atom is 0.254 e. The number of hydrogen-bond donors (Lipinski definition) is 1. The molecule has 0 radical (unpaired) electrons. The molecule has 3 nitrogen and oxygen atoms in total. The lowest BCUT2D eigenvalue weighted by molar-refractivity contribution is 0.0758. The molecule has 4 aromatic rings. The molecule has 1 atom stereocenters. The van der Waals surface area contributed by atoms with Crippen molar-refractivity contribution in [3.63, 3.8) is 0 Å². The van der Waals surface area contributed by atoms with Crippen LogP contribution in [0.15, 0.2) is 78.3 Å². The van der Waals surface area contributed by atoms with Crippen molar-refractivity contribution in [2.24, 2.45) is 0 Å². The number of nitrogens with zero attached hydrogens (tertiary/aromatic N) is 1. The van der Waals surface area contributed by atoms with Gasteiger partial charge >= 0.3 is 0 Å². The summed E-state index contributed by atoms with van der Waals surface area (Å²) < 4.78 is 0. The van der Waals surface area contributed by atoms with Crippen molar-refractivity contribution >= 4 is 28.1 Å². The molecule has 2 heterocycles. The first kappa shape index (κ1) is 15.7. The maximum atomic E-state index is 13.0. The number of fused-ring (bicyclic) bond motifs is 1. The summed E-state index contributed by atoms with van der Waals surface area (Å²) in [6.07, 6.45) is 2.02. The molecule has 0 saturated carbocycles. The standard InChI is InChI=1S/C21H18N2OS/c1-23(21(24)15-8-3-2-4-9-15)20(19-12-7-13-25-19)17-14-22-18-11-6-5-10-16(17)18/h2-14,20,22H,1H3/t20-/m0/s1. The number of thiophene rings is 1. The molecule has 0 aliphatic heterocycles. The highest BCUT2D eigenvalue weighted by Gasteiger charge is 2.27. The third-order valence-electron chi connectivity index (χ3n) is 4.46. The minimum Gasteiger partial charge on any atom is -0.361 e. The lowest BCUT2D eigenvalue weighted by Gasteiger charge is -2.27. The fraction of sp³-hybridized carbons (Fsp3) is 0.0952. The molecular formula is C21H18N2OS. The molecular weight excluding hydrogens is 328 g/mol. The van der Waals surface area contributed by atoms with Crippen molar-refractivity contribution in [2.45, 2.75) is 6.04 Å². The van der Waals surface area contributed by atoms with Gasteiger partial charge in [-0.25, -0.2) is 0 Å². The third-order valence-corrected chi connectivity index (χ3v) is 5.38. The van der Waals surface area contributed by atoms with E-state index in [0.717, 1.165) is 21.3 Å². The molecule has 0 saturated heterocycles. The van der Waals surface area contributed by atoms with E-state index in [-0.39, 0.29) is 11.9 Å². The summed E-state index contributed by atoms with van der Waals surface area (Å²) in [5.74, 6) is 0.0179. The van der Waals surface area contributed by atoms with Gasteiger partial charge in [-0.1, -0.05) is 42.5 Å². The van der Waals surface area contributed by atoms with E-state index in [1.54, 1.807) is 11.3 Å². The summed E-state index contributed by atoms with van der Waals surface area (Å²) in [4.78, 5) is 19.3. The van der Waals surface area contributed by atoms with Crippen LogP contribution in [0.4, 0.5) is 0 Å². The average Bonchev–Trinajstić information content (AvgIpc) is 3.33. The normalized spacial score (nSPS) is 12.2. The Labute approximate surface area is 150 Å². The molecule has 1 N–H and O–H groups in total. The predicted octanol–water partition coefficient (Wildman–Crippen LogP) is 5.09. The van der Waals surface area contributed by atoms with Gasteiger partial charge in [0.1, 0.15) is 0 Å². The summed E-state index contributed by atoms with van der Waals surface area (Å²) in [6, 6.07) is 21.6. The molecule has 4 rings (SSSR count). The number of carbonyl (C=O) groups excluding carboxylic acids is 1. The number of aromatic amines is 1. The molecule has 2 aromatic heterocycles. The zero-order chi connectivity index (χ0) is 17.2. The minimum absolute atomic E-state index is 0.0179. The van der Waals surface area contributed by atoms with Gasteiger partial charge in [-0.2, -0.15) is 0 Å². The van der Waals surface area contributed by atoms with Gasteiger partial charge in [0.05, 0.1) is 6.04 Å². The van der Waals surface area contributed by atoms with E-state index in [1.807, 2.05) is 66.7 Å². The second kappa shape index (κ2) is 6.57. The smallest absolute Gasteiger partial charge is 0.254 e. The van der Waals surface area contributed by atoms with Crippen LogP contribution in [0.5, 0.6) is 0 Å². The predicted molar refractivity (Wildman–Crippen MR) is 103 cm³/mol. The van der Waals surface area contributed by atoms with E-state index in [0.29, 0.717) is 5.56 Å². The number of carbonyl (C=O) groups is 1. The van der Waals surface area contributed by atoms with Crippen LogP contribution in [-0.4, -0.2) is 22.8 Å². The van der Waals surface area contributed by atoms with Crippen LogP contribution in [0.25, 0.3) is 10.9 Å². The Morgan fingerprint density at radius 3 is 2.52 bits per heavy atom. The number of rotatable bonds is 4. The zero-order valence-electron chi connectivity index (χ0n) is 13.8. The number of H-pyrrole nitrogens is 1. The van der Waals surface area contributed by atoms with Crippen LogP contribution in [0.3, 0.4) is 0 Å². The number of para-hydroxylation sites is 1. The van der Waals surface area contributed by atoms with Gasteiger partial charge in [0.2, 0.25) is 0 Å². The average molecular weight is 346 g/mol. The lowest BCUT2D eigenvalue weighted by atomic mass is 10.0. The van der Waals surface area contributed by atoms with E-state index >= 15 is 0 Å². The van der Waals surface area contributed by atoms with Crippen LogP contribution in [-0.2, 0) is 0 Å². The van der Waals surface area contributed by atoms with Gasteiger partial charge in [-0.15, -0.1) is 11.3 Å². The SMILES string of the molecule is CN(C(=O)c1ccccc1)[C@H](c1cccs1)c1c[nH]c2ccccc12.